The minimum Gasteiger partial charge on any atom is -0.341 e. The summed E-state index contributed by atoms with van der Waals surface area (Å²) in [5.74, 6) is 1.07. The van der Waals surface area contributed by atoms with Gasteiger partial charge in [-0.25, -0.2) is 4.98 Å². The van der Waals surface area contributed by atoms with E-state index >= 15 is 0 Å². The van der Waals surface area contributed by atoms with Crippen LogP contribution in [0, 0.1) is 0 Å². The van der Waals surface area contributed by atoms with E-state index in [0.717, 1.165) is 22.5 Å². The standard InChI is InChI=1S/C13H17N3S2/c1-13(2,3)11-15-9-6-5-8(14-12(17)18)7-10(9)16(11)4/h5-7H,1-4H3,(H2,14,17,18). The highest BCUT2D eigenvalue weighted by Gasteiger charge is 2.21. The van der Waals surface area contributed by atoms with Gasteiger partial charge in [-0.15, -0.1) is 12.6 Å². The van der Waals surface area contributed by atoms with Crippen molar-refractivity contribution in [2.45, 2.75) is 26.2 Å². The molecule has 0 atom stereocenters. The van der Waals surface area contributed by atoms with Crippen molar-refractivity contribution >= 4 is 45.9 Å². The summed E-state index contributed by atoms with van der Waals surface area (Å²) in [6.45, 7) is 6.49. The van der Waals surface area contributed by atoms with Crippen LogP contribution in [0.5, 0.6) is 0 Å². The lowest BCUT2D eigenvalue weighted by Gasteiger charge is -2.17. The fourth-order valence-corrected chi connectivity index (χ4v) is 2.31. The Hall–Kier alpha value is -1.07. The van der Waals surface area contributed by atoms with Crippen LogP contribution in [-0.4, -0.2) is 13.9 Å². The molecule has 0 aliphatic rings. The number of hydrogen-bond acceptors (Lipinski definition) is 2. The number of aryl methyl sites for hydroxylation is 1. The molecular formula is C13H17N3S2. The summed E-state index contributed by atoms with van der Waals surface area (Å²) in [6, 6.07) is 6.00. The van der Waals surface area contributed by atoms with Crippen molar-refractivity contribution in [3.8, 4) is 0 Å². The van der Waals surface area contributed by atoms with Crippen molar-refractivity contribution in [3.63, 3.8) is 0 Å². The molecule has 0 unspecified atom stereocenters. The van der Waals surface area contributed by atoms with Crippen LogP contribution in [0.3, 0.4) is 0 Å². The summed E-state index contributed by atoms with van der Waals surface area (Å²) >= 11 is 9.01. The van der Waals surface area contributed by atoms with Crippen LogP contribution in [0.15, 0.2) is 18.2 Å². The maximum atomic E-state index is 4.93. The minimum atomic E-state index is 0.0280. The van der Waals surface area contributed by atoms with E-state index in [2.05, 4.69) is 48.3 Å². The van der Waals surface area contributed by atoms with Crippen LogP contribution in [0.1, 0.15) is 26.6 Å². The molecule has 0 saturated carbocycles. The number of benzene rings is 1. The quantitative estimate of drug-likeness (QED) is 0.618. The predicted octanol–water partition coefficient (Wildman–Crippen LogP) is 3.50. The van der Waals surface area contributed by atoms with Crippen molar-refractivity contribution in [2.75, 3.05) is 5.32 Å². The fraction of sp³-hybridized carbons (Fsp3) is 0.385. The van der Waals surface area contributed by atoms with Crippen molar-refractivity contribution in [3.05, 3.63) is 24.0 Å². The second-order valence-electron chi connectivity index (χ2n) is 5.38. The van der Waals surface area contributed by atoms with E-state index in [-0.39, 0.29) is 5.41 Å². The number of thiol groups is 1. The first kappa shape index (κ1) is 13.4. The molecule has 3 nitrogen and oxygen atoms in total. The normalized spacial score (nSPS) is 11.8. The van der Waals surface area contributed by atoms with E-state index in [1.54, 1.807) is 0 Å². The average molecular weight is 279 g/mol. The number of hydrogen-bond donors (Lipinski definition) is 2. The molecular weight excluding hydrogens is 262 g/mol. The Morgan fingerprint density at radius 1 is 1.39 bits per heavy atom. The summed E-state index contributed by atoms with van der Waals surface area (Å²) in [7, 11) is 2.04. The number of anilines is 1. The molecule has 1 heterocycles. The van der Waals surface area contributed by atoms with Crippen LogP contribution < -0.4 is 5.32 Å². The monoisotopic (exact) mass is 279 g/mol. The molecule has 0 spiro atoms. The molecule has 1 aromatic heterocycles. The van der Waals surface area contributed by atoms with Crippen molar-refractivity contribution in [2.24, 2.45) is 7.05 Å². The SMILES string of the molecule is Cn1c(C(C)(C)C)nc2ccc(NC(=S)S)cc21. The molecule has 18 heavy (non-hydrogen) atoms. The largest absolute Gasteiger partial charge is 0.341 e. The highest BCUT2D eigenvalue weighted by atomic mass is 32.1. The highest BCUT2D eigenvalue weighted by molar-refractivity contribution is 8.11. The fourth-order valence-electron chi connectivity index (χ4n) is 2.06. The molecule has 0 saturated heterocycles. The maximum Gasteiger partial charge on any atom is 0.135 e. The molecule has 96 valence electrons. The van der Waals surface area contributed by atoms with Gasteiger partial charge >= 0.3 is 0 Å². The number of nitrogens with one attached hydrogen (secondary N) is 1. The van der Waals surface area contributed by atoms with Crippen LogP contribution in [-0.2, 0) is 12.5 Å². The molecule has 0 fully saturated rings. The molecule has 0 amide bonds. The maximum absolute atomic E-state index is 4.93. The van der Waals surface area contributed by atoms with Gasteiger partial charge in [0.2, 0.25) is 0 Å². The van der Waals surface area contributed by atoms with Gasteiger partial charge in [-0.2, -0.15) is 0 Å². The van der Waals surface area contributed by atoms with E-state index in [9.17, 15) is 0 Å². The first-order valence-corrected chi connectivity index (χ1v) is 6.61. The van der Waals surface area contributed by atoms with Gasteiger partial charge in [-0.3, -0.25) is 0 Å². The second-order valence-corrected chi connectivity index (χ2v) is 6.54. The zero-order chi connectivity index (χ0) is 13.5. The number of aromatic nitrogens is 2. The van der Waals surface area contributed by atoms with Gasteiger partial charge in [0.05, 0.1) is 11.0 Å². The molecule has 1 aromatic carbocycles. The van der Waals surface area contributed by atoms with E-state index in [4.69, 9.17) is 12.2 Å². The van der Waals surface area contributed by atoms with Gasteiger partial charge < -0.3 is 9.88 Å². The van der Waals surface area contributed by atoms with Crippen LogP contribution in [0.2, 0.25) is 0 Å². The molecule has 0 bridgehead atoms. The predicted molar refractivity (Wildman–Crippen MR) is 84.6 cm³/mol. The number of thiocarbonyl (C=S) groups is 1. The van der Waals surface area contributed by atoms with E-state index in [1.165, 1.54) is 0 Å². The number of nitrogens with zero attached hydrogens (tertiary/aromatic N) is 2. The lowest BCUT2D eigenvalue weighted by Crippen LogP contribution is -2.17. The molecule has 0 radical (unpaired) electrons. The van der Waals surface area contributed by atoms with Crippen molar-refractivity contribution < 1.29 is 0 Å². The molecule has 2 rings (SSSR count). The van der Waals surface area contributed by atoms with Crippen molar-refractivity contribution in [1.82, 2.24) is 9.55 Å². The van der Waals surface area contributed by atoms with Gasteiger partial charge in [0.1, 0.15) is 10.1 Å². The summed E-state index contributed by atoms with van der Waals surface area (Å²) in [5.41, 5.74) is 3.05. The van der Waals surface area contributed by atoms with Crippen LogP contribution >= 0.6 is 24.8 Å². The molecule has 2 aromatic rings. The zero-order valence-corrected chi connectivity index (χ0v) is 12.7. The average Bonchev–Trinajstić information content (AvgIpc) is 2.55. The van der Waals surface area contributed by atoms with Gasteiger partial charge in [-0.05, 0) is 18.2 Å². The Labute approximate surface area is 118 Å². The highest BCUT2D eigenvalue weighted by Crippen LogP contribution is 2.27. The van der Waals surface area contributed by atoms with E-state index in [1.807, 2.05) is 25.2 Å². The summed E-state index contributed by atoms with van der Waals surface area (Å²) in [4.78, 5) is 4.69. The smallest absolute Gasteiger partial charge is 0.135 e. The van der Waals surface area contributed by atoms with Gasteiger partial charge in [-0.1, -0.05) is 33.0 Å². The number of imidazole rings is 1. The van der Waals surface area contributed by atoms with Crippen molar-refractivity contribution in [1.29, 1.82) is 0 Å². The van der Waals surface area contributed by atoms with E-state index in [0.29, 0.717) is 4.32 Å². The molecule has 0 aliphatic carbocycles. The Morgan fingerprint density at radius 3 is 2.61 bits per heavy atom. The summed E-state index contributed by atoms with van der Waals surface area (Å²) in [6.07, 6.45) is 0. The lowest BCUT2D eigenvalue weighted by molar-refractivity contribution is 0.527. The van der Waals surface area contributed by atoms with E-state index < -0.39 is 0 Å². The third-order valence-electron chi connectivity index (χ3n) is 2.80. The van der Waals surface area contributed by atoms with Gasteiger partial charge in [0.25, 0.3) is 0 Å². The first-order valence-electron chi connectivity index (χ1n) is 5.76. The number of rotatable bonds is 1. The van der Waals surface area contributed by atoms with Gasteiger partial charge in [0, 0.05) is 18.2 Å². The zero-order valence-electron chi connectivity index (χ0n) is 11.0. The Morgan fingerprint density at radius 2 is 2.06 bits per heavy atom. The second kappa shape index (κ2) is 4.55. The lowest BCUT2D eigenvalue weighted by atomic mass is 9.96. The molecule has 0 aliphatic heterocycles. The first-order chi connectivity index (χ1) is 8.29. The summed E-state index contributed by atoms with van der Waals surface area (Å²) in [5, 5.41) is 3.03. The third-order valence-corrected chi connectivity index (χ3v) is 3.02. The van der Waals surface area contributed by atoms with Crippen LogP contribution in [0.4, 0.5) is 5.69 Å². The molecule has 1 N–H and O–H groups in total. The Balaban J connectivity index is 2.57. The minimum absolute atomic E-state index is 0.0280. The third kappa shape index (κ3) is 2.52. The van der Waals surface area contributed by atoms with Gasteiger partial charge in [0.15, 0.2) is 0 Å². The topological polar surface area (TPSA) is 29.9 Å². The number of fused-ring (bicyclic) bond motifs is 1. The van der Waals surface area contributed by atoms with Crippen LogP contribution in [0.25, 0.3) is 11.0 Å². The summed E-state index contributed by atoms with van der Waals surface area (Å²) < 4.78 is 2.59. The Bertz CT molecular complexity index is 608. The molecule has 5 heteroatoms. The Kier molecular flexibility index (Phi) is 3.38.